The molecule has 0 aliphatic heterocycles. The number of unbranched alkanes of at least 4 members (excludes halogenated alkanes) is 12. The largest absolute Gasteiger partial charge is 0.491 e. The monoisotopic (exact) mass is 414 g/mol. The molecule has 0 bridgehead atoms. The smallest absolute Gasteiger partial charge is 0.321 e. The van der Waals surface area contributed by atoms with Crippen LogP contribution in [-0.4, -0.2) is 27.1 Å². The fourth-order valence-corrected chi connectivity index (χ4v) is 3.21. The molecular weight excluding hydrogens is 364 g/mol. The van der Waals surface area contributed by atoms with Crippen LogP contribution in [0.1, 0.15) is 124 Å². The summed E-state index contributed by atoms with van der Waals surface area (Å²) in [6, 6.07) is 0. The summed E-state index contributed by atoms with van der Waals surface area (Å²) in [6.45, 7) is 8.34. The number of methoxy groups -OCH3 is 1. The summed E-state index contributed by atoms with van der Waals surface area (Å²) in [6.07, 6.45) is 19.4. The van der Waals surface area contributed by atoms with Crippen molar-refractivity contribution in [1.82, 2.24) is 0 Å². The van der Waals surface area contributed by atoms with Gasteiger partial charge in [-0.15, -0.1) is 0 Å². The Morgan fingerprint density at radius 3 is 1.55 bits per heavy atom. The highest BCUT2D eigenvalue weighted by molar-refractivity contribution is 4.95. The van der Waals surface area contributed by atoms with Gasteiger partial charge in [0.2, 0.25) is 0 Å². The quantitative estimate of drug-likeness (QED) is 0.0961. The van der Waals surface area contributed by atoms with Gasteiger partial charge in [0.05, 0.1) is 13.2 Å². The van der Waals surface area contributed by atoms with E-state index in [0.29, 0.717) is 12.6 Å². The number of allylic oxidation sites excluding steroid dienone is 1. The van der Waals surface area contributed by atoms with Gasteiger partial charge in [-0.2, -0.15) is 0 Å². The highest BCUT2D eigenvalue weighted by Crippen LogP contribution is 2.20. The lowest BCUT2D eigenvalue weighted by Gasteiger charge is -2.17. The standard InChI is InChI=1S/C25H50O4/c1-5-8-11-14-15-16-17-20-24(27-21-18-12-9-6-2)25(29-23-26-4)28-22-19-13-10-7-3/h5-23H2,1-4H3. The average molecular weight is 415 g/mol. The van der Waals surface area contributed by atoms with Gasteiger partial charge in [0.25, 0.3) is 0 Å². The Kier molecular flexibility index (Phi) is 22.7. The van der Waals surface area contributed by atoms with E-state index in [2.05, 4.69) is 20.8 Å². The zero-order valence-electron chi connectivity index (χ0n) is 20.1. The van der Waals surface area contributed by atoms with Crippen molar-refractivity contribution >= 4 is 0 Å². The Hall–Kier alpha value is -0.900. The van der Waals surface area contributed by atoms with E-state index in [1.165, 1.54) is 77.0 Å². The Morgan fingerprint density at radius 1 is 0.517 bits per heavy atom. The fourth-order valence-electron chi connectivity index (χ4n) is 3.21. The number of rotatable bonds is 23. The molecule has 0 amide bonds. The molecule has 0 aliphatic rings. The van der Waals surface area contributed by atoms with Crippen molar-refractivity contribution in [1.29, 1.82) is 0 Å². The molecule has 0 heterocycles. The first-order valence-corrected chi connectivity index (χ1v) is 12.4. The second kappa shape index (κ2) is 23.4. The van der Waals surface area contributed by atoms with Crippen LogP contribution in [0.5, 0.6) is 0 Å². The minimum Gasteiger partial charge on any atom is -0.491 e. The second-order valence-electron chi connectivity index (χ2n) is 7.95. The van der Waals surface area contributed by atoms with Crippen molar-refractivity contribution in [3.63, 3.8) is 0 Å². The first kappa shape index (κ1) is 28.1. The van der Waals surface area contributed by atoms with Gasteiger partial charge < -0.3 is 18.9 Å². The Morgan fingerprint density at radius 2 is 1.00 bits per heavy atom. The summed E-state index contributed by atoms with van der Waals surface area (Å²) in [5.74, 6) is 1.42. The molecule has 0 saturated carbocycles. The second-order valence-corrected chi connectivity index (χ2v) is 7.95. The molecule has 29 heavy (non-hydrogen) atoms. The first-order valence-electron chi connectivity index (χ1n) is 12.4. The molecule has 0 aliphatic carbocycles. The van der Waals surface area contributed by atoms with E-state index in [4.69, 9.17) is 18.9 Å². The highest BCUT2D eigenvalue weighted by atomic mass is 16.7. The summed E-state index contributed by atoms with van der Waals surface area (Å²) in [5.41, 5.74) is 0. The van der Waals surface area contributed by atoms with Crippen LogP contribution in [0.15, 0.2) is 11.7 Å². The van der Waals surface area contributed by atoms with Gasteiger partial charge in [-0.3, -0.25) is 0 Å². The van der Waals surface area contributed by atoms with Crippen LogP contribution in [0.4, 0.5) is 0 Å². The molecule has 0 rings (SSSR count). The van der Waals surface area contributed by atoms with Gasteiger partial charge in [-0.05, 0) is 19.3 Å². The van der Waals surface area contributed by atoms with Gasteiger partial charge in [0.1, 0.15) is 0 Å². The molecule has 0 fully saturated rings. The Labute approximate surface area is 181 Å². The van der Waals surface area contributed by atoms with E-state index in [1.807, 2.05) is 0 Å². The maximum Gasteiger partial charge on any atom is 0.321 e. The van der Waals surface area contributed by atoms with Gasteiger partial charge in [0, 0.05) is 13.5 Å². The van der Waals surface area contributed by atoms with Crippen LogP contribution >= 0.6 is 0 Å². The molecule has 0 atom stereocenters. The summed E-state index contributed by atoms with van der Waals surface area (Å²) in [7, 11) is 1.64. The summed E-state index contributed by atoms with van der Waals surface area (Å²) < 4.78 is 23.0. The predicted molar refractivity (Wildman–Crippen MR) is 123 cm³/mol. The molecule has 0 aromatic heterocycles. The topological polar surface area (TPSA) is 36.9 Å². The third-order valence-electron chi connectivity index (χ3n) is 5.05. The van der Waals surface area contributed by atoms with E-state index < -0.39 is 0 Å². The minimum atomic E-state index is 0.198. The summed E-state index contributed by atoms with van der Waals surface area (Å²) >= 11 is 0. The molecule has 0 aromatic carbocycles. The molecule has 0 spiro atoms. The first-order chi connectivity index (χ1) is 14.3. The maximum atomic E-state index is 6.15. The van der Waals surface area contributed by atoms with E-state index in [9.17, 15) is 0 Å². The van der Waals surface area contributed by atoms with Crippen molar-refractivity contribution < 1.29 is 18.9 Å². The van der Waals surface area contributed by atoms with Crippen molar-refractivity contribution in [2.45, 2.75) is 124 Å². The lowest BCUT2D eigenvalue weighted by Crippen LogP contribution is -2.09. The van der Waals surface area contributed by atoms with Crippen LogP contribution in [0, 0.1) is 0 Å². The Balaban J connectivity index is 4.62. The van der Waals surface area contributed by atoms with Crippen LogP contribution in [0.25, 0.3) is 0 Å². The average Bonchev–Trinajstić information content (AvgIpc) is 2.73. The van der Waals surface area contributed by atoms with Crippen LogP contribution < -0.4 is 0 Å². The van der Waals surface area contributed by atoms with Gasteiger partial charge in [-0.25, -0.2) is 0 Å². The van der Waals surface area contributed by atoms with E-state index >= 15 is 0 Å². The molecular formula is C25H50O4. The normalized spacial score (nSPS) is 12.0. The van der Waals surface area contributed by atoms with Gasteiger partial charge >= 0.3 is 5.95 Å². The summed E-state index contributed by atoms with van der Waals surface area (Å²) in [5, 5.41) is 0. The zero-order valence-corrected chi connectivity index (χ0v) is 20.1. The molecule has 4 heteroatoms. The number of hydrogen-bond donors (Lipinski definition) is 0. The van der Waals surface area contributed by atoms with Gasteiger partial charge in [-0.1, -0.05) is 97.8 Å². The third-order valence-corrected chi connectivity index (χ3v) is 5.05. The molecule has 0 saturated heterocycles. The van der Waals surface area contributed by atoms with E-state index in [1.54, 1.807) is 7.11 Å². The third kappa shape index (κ3) is 18.8. The van der Waals surface area contributed by atoms with Crippen molar-refractivity contribution in [3.8, 4) is 0 Å². The van der Waals surface area contributed by atoms with Crippen LogP contribution in [-0.2, 0) is 18.9 Å². The number of hydrogen-bond acceptors (Lipinski definition) is 4. The lowest BCUT2D eigenvalue weighted by molar-refractivity contribution is -0.0692. The van der Waals surface area contributed by atoms with E-state index in [-0.39, 0.29) is 6.79 Å². The van der Waals surface area contributed by atoms with Crippen molar-refractivity contribution in [3.05, 3.63) is 11.7 Å². The molecule has 0 aromatic rings. The highest BCUT2D eigenvalue weighted by Gasteiger charge is 2.13. The summed E-state index contributed by atoms with van der Waals surface area (Å²) in [4.78, 5) is 0. The van der Waals surface area contributed by atoms with E-state index in [0.717, 1.165) is 38.0 Å². The Bertz CT molecular complexity index is 355. The molecule has 174 valence electrons. The molecule has 0 radical (unpaired) electrons. The lowest BCUT2D eigenvalue weighted by atomic mass is 10.1. The molecule has 4 nitrogen and oxygen atoms in total. The number of ether oxygens (including phenoxy) is 4. The van der Waals surface area contributed by atoms with Crippen molar-refractivity contribution in [2.24, 2.45) is 0 Å². The molecule has 0 N–H and O–H groups in total. The maximum absolute atomic E-state index is 6.15. The minimum absolute atomic E-state index is 0.198. The zero-order chi connectivity index (χ0) is 21.4. The van der Waals surface area contributed by atoms with Gasteiger partial charge in [0.15, 0.2) is 12.6 Å². The molecule has 0 unspecified atom stereocenters. The fraction of sp³-hybridized carbons (Fsp3) is 0.920. The predicted octanol–water partition coefficient (Wildman–Crippen LogP) is 8.11. The van der Waals surface area contributed by atoms with Crippen molar-refractivity contribution in [2.75, 3.05) is 27.1 Å². The van der Waals surface area contributed by atoms with Crippen LogP contribution in [0.3, 0.4) is 0 Å². The van der Waals surface area contributed by atoms with Crippen LogP contribution in [0.2, 0.25) is 0 Å². The SMILES string of the molecule is CCCCCCCCCC(OCCCCCC)=C(OCCCCCC)OCOC.